The minimum Gasteiger partial charge on any atom is -0.436 e. The predicted octanol–water partition coefficient (Wildman–Crippen LogP) is 5.13. The standard InChI is InChI=1S/C18H34O3/c1-3-4-5-6-7-8-9-10-11-12-13-14-15-16-18(20)21-17(2)19/h8-9,18,20H,3-7,10-16H2,1-2H3. The Hall–Kier alpha value is -0.830. The molecule has 0 bridgehead atoms. The molecule has 0 spiro atoms. The summed E-state index contributed by atoms with van der Waals surface area (Å²) in [6, 6.07) is 0. The monoisotopic (exact) mass is 298 g/mol. The first kappa shape index (κ1) is 20.2. The van der Waals surface area contributed by atoms with E-state index in [-0.39, 0.29) is 0 Å². The summed E-state index contributed by atoms with van der Waals surface area (Å²) in [4.78, 5) is 10.6. The van der Waals surface area contributed by atoms with Crippen LogP contribution in [0.15, 0.2) is 12.2 Å². The van der Waals surface area contributed by atoms with Gasteiger partial charge in [-0.1, -0.05) is 57.6 Å². The van der Waals surface area contributed by atoms with Gasteiger partial charge >= 0.3 is 5.97 Å². The summed E-state index contributed by atoms with van der Waals surface area (Å²) in [5.41, 5.74) is 0. The summed E-state index contributed by atoms with van der Waals surface area (Å²) < 4.78 is 4.66. The summed E-state index contributed by atoms with van der Waals surface area (Å²) >= 11 is 0. The highest BCUT2D eigenvalue weighted by Gasteiger charge is 2.05. The molecule has 0 aliphatic carbocycles. The molecule has 3 nitrogen and oxygen atoms in total. The Kier molecular flexibility index (Phi) is 14.9. The van der Waals surface area contributed by atoms with E-state index in [1.807, 2.05) is 0 Å². The van der Waals surface area contributed by atoms with E-state index in [0.717, 1.165) is 12.8 Å². The lowest BCUT2D eigenvalue weighted by Gasteiger charge is -2.09. The van der Waals surface area contributed by atoms with Crippen LogP contribution in [-0.2, 0) is 9.53 Å². The Morgan fingerprint density at radius 3 is 2.05 bits per heavy atom. The van der Waals surface area contributed by atoms with Gasteiger partial charge in [-0.25, -0.2) is 0 Å². The Morgan fingerprint density at radius 1 is 0.952 bits per heavy atom. The number of hydrogen-bond acceptors (Lipinski definition) is 3. The molecular weight excluding hydrogens is 264 g/mol. The van der Waals surface area contributed by atoms with Gasteiger partial charge in [-0.15, -0.1) is 0 Å². The smallest absolute Gasteiger partial charge is 0.304 e. The third-order valence-corrected chi connectivity index (χ3v) is 3.51. The molecule has 0 aromatic heterocycles. The van der Waals surface area contributed by atoms with Crippen molar-refractivity contribution in [2.24, 2.45) is 0 Å². The third kappa shape index (κ3) is 17.1. The zero-order chi connectivity index (χ0) is 15.8. The molecule has 0 aliphatic heterocycles. The van der Waals surface area contributed by atoms with Crippen LogP contribution in [0.1, 0.15) is 90.9 Å². The second-order valence-electron chi connectivity index (χ2n) is 5.73. The molecule has 0 heterocycles. The van der Waals surface area contributed by atoms with Crippen LogP contribution in [0, 0.1) is 0 Å². The van der Waals surface area contributed by atoms with Crippen LogP contribution in [0.25, 0.3) is 0 Å². The molecular formula is C18H34O3. The second-order valence-corrected chi connectivity index (χ2v) is 5.73. The molecule has 124 valence electrons. The Morgan fingerprint density at radius 2 is 1.48 bits per heavy atom. The summed E-state index contributed by atoms with van der Waals surface area (Å²) in [6.07, 6.45) is 17.7. The molecule has 0 aliphatic rings. The first-order chi connectivity index (χ1) is 10.2. The molecule has 0 saturated carbocycles. The number of unbranched alkanes of at least 4 members (excludes halogenated alkanes) is 9. The van der Waals surface area contributed by atoms with E-state index in [0.29, 0.717) is 6.42 Å². The maximum absolute atomic E-state index is 10.6. The van der Waals surface area contributed by atoms with Crippen LogP contribution < -0.4 is 0 Å². The van der Waals surface area contributed by atoms with Crippen molar-refractivity contribution in [2.45, 2.75) is 97.2 Å². The number of rotatable bonds is 14. The van der Waals surface area contributed by atoms with E-state index >= 15 is 0 Å². The van der Waals surface area contributed by atoms with Crippen molar-refractivity contribution in [1.82, 2.24) is 0 Å². The van der Waals surface area contributed by atoms with Crippen molar-refractivity contribution in [3.63, 3.8) is 0 Å². The van der Waals surface area contributed by atoms with Gasteiger partial charge in [0.2, 0.25) is 6.29 Å². The molecule has 21 heavy (non-hydrogen) atoms. The first-order valence-corrected chi connectivity index (χ1v) is 8.67. The molecule has 1 atom stereocenters. The molecule has 0 aromatic rings. The first-order valence-electron chi connectivity index (χ1n) is 8.67. The molecule has 1 unspecified atom stereocenters. The van der Waals surface area contributed by atoms with Gasteiger partial charge < -0.3 is 9.84 Å². The van der Waals surface area contributed by atoms with Crippen molar-refractivity contribution in [1.29, 1.82) is 0 Å². The molecule has 0 saturated heterocycles. The maximum atomic E-state index is 10.6. The summed E-state index contributed by atoms with van der Waals surface area (Å²) in [5, 5.41) is 9.34. The fraction of sp³-hybridized carbons (Fsp3) is 0.833. The highest BCUT2D eigenvalue weighted by molar-refractivity contribution is 5.65. The topological polar surface area (TPSA) is 46.5 Å². The van der Waals surface area contributed by atoms with E-state index < -0.39 is 12.3 Å². The van der Waals surface area contributed by atoms with E-state index in [1.54, 1.807) is 0 Å². The number of carbonyl (C=O) groups is 1. The number of hydrogen-bond donors (Lipinski definition) is 1. The van der Waals surface area contributed by atoms with E-state index in [1.165, 1.54) is 64.7 Å². The minimum atomic E-state index is -0.918. The van der Waals surface area contributed by atoms with Crippen LogP contribution >= 0.6 is 0 Å². The lowest BCUT2D eigenvalue weighted by atomic mass is 10.1. The van der Waals surface area contributed by atoms with Gasteiger partial charge in [0.1, 0.15) is 0 Å². The van der Waals surface area contributed by atoms with Gasteiger partial charge in [0.05, 0.1) is 0 Å². The highest BCUT2D eigenvalue weighted by Crippen LogP contribution is 2.10. The van der Waals surface area contributed by atoms with Crippen LogP contribution in [-0.4, -0.2) is 17.4 Å². The van der Waals surface area contributed by atoms with Crippen LogP contribution in [0.5, 0.6) is 0 Å². The third-order valence-electron chi connectivity index (χ3n) is 3.51. The number of esters is 1. The summed E-state index contributed by atoms with van der Waals surface area (Å²) in [5.74, 6) is -0.413. The number of ether oxygens (including phenoxy) is 1. The molecule has 1 N–H and O–H groups in total. The van der Waals surface area contributed by atoms with E-state index in [9.17, 15) is 9.90 Å². The van der Waals surface area contributed by atoms with Crippen molar-refractivity contribution in [3.05, 3.63) is 12.2 Å². The fourth-order valence-corrected chi connectivity index (χ4v) is 2.29. The normalized spacial score (nSPS) is 12.7. The Bertz CT molecular complexity index is 261. The number of allylic oxidation sites excluding steroid dienone is 2. The van der Waals surface area contributed by atoms with Gasteiger partial charge in [0.25, 0.3) is 0 Å². The Balaban J connectivity index is 3.18. The zero-order valence-electron chi connectivity index (χ0n) is 14.0. The largest absolute Gasteiger partial charge is 0.436 e. The molecule has 0 fully saturated rings. The average Bonchev–Trinajstić information content (AvgIpc) is 2.43. The lowest BCUT2D eigenvalue weighted by molar-refractivity contribution is -0.165. The fourth-order valence-electron chi connectivity index (χ4n) is 2.29. The van der Waals surface area contributed by atoms with Crippen molar-refractivity contribution < 1.29 is 14.6 Å². The molecule has 0 radical (unpaired) electrons. The quantitative estimate of drug-likeness (QED) is 0.209. The van der Waals surface area contributed by atoms with Gasteiger partial charge in [0.15, 0.2) is 0 Å². The van der Waals surface area contributed by atoms with E-state index in [4.69, 9.17) is 0 Å². The Labute approximate surface area is 130 Å². The number of carbonyl (C=O) groups excluding carboxylic acids is 1. The van der Waals surface area contributed by atoms with Crippen molar-refractivity contribution in [2.75, 3.05) is 0 Å². The maximum Gasteiger partial charge on any atom is 0.304 e. The van der Waals surface area contributed by atoms with Crippen molar-refractivity contribution in [3.8, 4) is 0 Å². The van der Waals surface area contributed by atoms with Crippen LogP contribution in [0.2, 0.25) is 0 Å². The summed E-state index contributed by atoms with van der Waals surface area (Å²) in [7, 11) is 0. The number of aliphatic hydroxyl groups is 1. The van der Waals surface area contributed by atoms with Gasteiger partial charge in [-0.2, -0.15) is 0 Å². The van der Waals surface area contributed by atoms with Crippen LogP contribution in [0.3, 0.4) is 0 Å². The molecule has 3 heteroatoms. The predicted molar refractivity (Wildman–Crippen MR) is 88.0 cm³/mol. The molecule has 0 aromatic carbocycles. The minimum absolute atomic E-state index is 0.413. The van der Waals surface area contributed by atoms with Gasteiger partial charge in [0, 0.05) is 13.3 Å². The van der Waals surface area contributed by atoms with Gasteiger partial charge in [-0.05, 0) is 32.1 Å². The average molecular weight is 298 g/mol. The number of aliphatic hydroxyl groups excluding tert-OH is 1. The second kappa shape index (κ2) is 15.6. The summed E-state index contributed by atoms with van der Waals surface area (Å²) in [6.45, 7) is 3.56. The van der Waals surface area contributed by atoms with Crippen LogP contribution in [0.4, 0.5) is 0 Å². The van der Waals surface area contributed by atoms with Gasteiger partial charge in [-0.3, -0.25) is 4.79 Å². The highest BCUT2D eigenvalue weighted by atomic mass is 16.6. The lowest BCUT2D eigenvalue weighted by Crippen LogP contribution is -2.14. The zero-order valence-corrected chi connectivity index (χ0v) is 14.0. The SMILES string of the molecule is CCCCCCC=CCCCCCCCC(O)OC(C)=O. The molecule has 0 rings (SSSR count). The molecule has 0 amide bonds. The van der Waals surface area contributed by atoms with Crippen molar-refractivity contribution >= 4 is 5.97 Å². The van der Waals surface area contributed by atoms with E-state index in [2.05, 4.69) is 23.8 Å².